The molecule has 0 fully saturated rings. The molecule has 0 aliphatic rings. The first-order valence-corrected chi connectivity index (χ1v) is 5.66. The number of hydrogen-bond donors (Lipinski definition) is 2. The number of aromatic amines is 1. The van der Waals surface area contributed by atoms with Gasteiger partial charge in [-0.2, -0.15) is 0 Å². The minimum absolute atomic E-state index is 0.263. The maximum atomic E-state index is 11.6. The lowest BCUT2D eigenvalue weighted by Gasteiger charge is -2.05. The van der Waals surface area contributed by atoms with Crippen LogP contribution in [-0.4, -0.2) is 22.7 Å². The van der Waals surface area contributed by atoms with Crippen molar-refractivity contribution in [2.75, 3.05) is 6.61 Å². The standard InChI is InChI=1S/C12H17NO4/c1-3-4-5-6-17-12(16)10-9(14)7-8(2)13-11(10)15/h7H,3-6H2,1-2H3,(H2,13,14,15). The number of unbranched alkanes of at least 4 members (excludes halogenated alkanes) is 2. The SMILES string of the molecule is CCCCCOC(=O)c1c(O)cc(C)[nH]c1=O. The number of ether oxygens (including phenoxy) is 1. The highest BCUT2D eigenvalue weighted by Gasteiger charge is 2.17. The molecule has 0 bridgehead atoms. The summed E-state index contributed by atoms with van der Waals surface area (Å²) in [6.07, 6.45) is 2.74. The van der Waals surface area contributed by atoms with Crippen molar-refractivity contribution in [2.24, 2.45) is 0 Å². The average Bonchev–Trinajstić information content (AvgIpc) is 2.23. The zero-order chi connectivity index (χ0) is 12.8. The van der Waals surface area contributed by atoms with E-state index in [2.05, 4.69) is 4.98 Å². The molecule has 1 aromatic rings. The molecule has 5 heteroatoms. The number of carbonyl (C=O) groups is 1. The molecule has 0 spiro atoms. The van der Waals surface area contributed by atoms with Crippen LogP contribution in [0.4, 0.5) is 0 Å². The van der Waals surface area contributed by atoms with Gasteiger partial charge in [-0.1, -0.05) is 19.8 Å². The predicted octanol–water partition coefficient (Wildman–Crippen LogP) is 1.74. The van der Waals surface area contributed by atoms with Gasteiger partial charge < -0.3 is 14.8 Å². The van der Waals surface area contributed by atoms with Crippen LogP contribution < -0.4 is 5.56 Å². The van der Waals surface area contributed by atoms with Gasteiger partial charge in [-0.25, -0.2) is 4.79 Å². The molecule has 0 amide bonds. The number of esters is 1. The van der Waals surface area contributed by atoms with Crippen LogP contribution in [0, 0.1) is 6.92 Å². The van der Waals surface area contributed by atoms with E-state index in [1.165, 1.54) is 6.07 Å². The van der Waals surface area contributed by atoms with Gasteiger partial charge in [0.25, 0.3) is 5.56 Å². The molecular formula is C12H17NO4. The molecule has 0 aliphatic carbocycles. The van der Waals surface area contributed by atoms with Gasteiger partial charge in [0.2, 0.25) is 0 Å². The smallest absolute Gasteiger partial charge is 0.347 e. The highest BCUT2D eigenvalue weighted by Crippen LogP contribution is 2.14. The lowest BCUT2D eigenvalue weighted by molar-refractivity contribution is 0.0492. The van der Waals surface area contributed by atoms with Crippen LogP contribution in [0.2, 0.25) is 0 Å². The van der Waals surface area contributed by atoms with E-state index in [4.69, 9.17) is 4.74 Å². The summed E-state index contributed by atoms with van der Waals surface area (Å²) in [5, 5.41) is 9.52. The Kier molecular flexibility index (Phi) is 4.75. The maximum absolute atomic E-state index is 11.6. The second kappa shape index (κ2) is 6.08. The van der Waals surface area contributed by atoms with Gasteiger partial charge in [-0.3, -0.25) is 4.79 Å². The predicted molar refractivity (Wildman–Crippen MR) is 63.3 cm³/mol. The Morgan fingerprint density at radius 2 is 2.18 bits per heavy atom. The summed E-state index contributed by atoms with van der Waals surface area (Å²) in [5.41, 5.74) is -0.454. The van der Waals surface area contributed by atoms with E-state index < -0.39 is 11.5 Å². The van der Waals surface area contributed by atoms with E-state index in [-0.39, 0.29) is 17.9 Å². The molecule has 0 atom stereocenters. The van der Waals surface area contributed by atoms with Crippen LogP contribution in [-0.2, 0) is 4.74 Å². The third-order valence-electron chi connectivity index (χ3n) is 2.33. The van der Waals surface area contributed by atoms with Crippen molar-refractivity contribution in [1.29, 1.82) is 0 Å². The monoisotopic (exact) mass is 239 g/mol. The van der Waals surface area contributed by atoms with E-state index in [9.17, 15) is 14.7 Å². The lowest BCUT2D eigenvalue weighted by Crippen LogP contribution is -2.20. The van der Waals surface area contributed by atoms with Gasteiger partial charge in [-0.05, 0) is 13.3 Å². The maximum Gasteiger partial charge on any atom is 0.347 e. The number of pyridine rings is 1. The van der Waals surface area contributed by atoms with Gasteiger partial charge in [0.1, 0.15) is 5.75 Å². The second-order valence-electron chi connectivity index (χ2n) is 3.88. The number of H-pyrrole nitrogens is 1. The van der Waals surface area contributed by atoms with Crippen LogP contribution in [0.3, 0.4) is 0 Å². The largest absolute Gasteiger partial charge is 0.507 e. The van der Waals surface area contributed by atoms with Gasteiger partial charge >= 0.3 is 5.97 Å². The van der Waals surface area contributed by atoms with Gasteiger partial charge in [0.05, 0.1) is 6.61 Å². The first-order chi connectivity index (χ1) is 8.06. The Balaban J connectivity index is 2.73. The third kappa shape index (κ3) is 3.62. The van der Waals surface area contributed by atoms with E-state index >= 15 is 0 Å². The zero-order valence-electron chi connectivity index (χ0n) is 10.1. The summed E-state index contributed by atoms with van der Waals surface area (Å²) in [6, 6.07) is 1.32. The molecule has 0 aromatic carbocycles. The minimum atomic E-state index is -0.778. The molecule has 0 saturated carbocycles. The number of aromatic nitrogens is 1. The fourth-order valence-corrected chi connectivity index (χ4v) is 1.46. The van der Waals surface area contributed by atoms with Crippen LogP contribution in [0.5, 0.6) is 5.75 Å². The van der Waals surface area contributed by atoms with Crippen molar-refractivity contribution >= 4 is 5.97 Å². The molecule has 0 saturated heterocycles. The quantitative estimate of drug-likeness (QED) is 0.606. The van der Waals surface area contributed by atoms with E-state index in [1.54, 1.807) is 6.92 Å². The molecule has 5 nitrogen and oxygen atoms in total. The summed E-state index contributed by atoms with van der Waals surface area (Å²) in [6.45, 7) is 3.93. The number of hydrogen-bond acceptors (Lipinski definition) is 4. The van der Waals surface area contributed by atoms with E-state index in [0.717, 1.165) is 19.3 Å². The molecule has 1 rings (SSSR count). The third-order valence-corrected chi connectivity index (χ3v) is 2.33. The van der Waals surface area contributed by atoms with E-state index in [0.29, 0.717) is 5.69 Å². The molecule has 17 heavy (non-hydrogen) atoms. The van der Waals surface area contributed by atoms with Crippen LogP contribution in [0.1, 0.15) is 42.2 Å². The van der Waals surface area contributed by atoms with Gasteiger partial charge in [0, 0.05) is 11.8 Å². The van der Waals surface area contributed by atoms with Gasteiger partial charge in [0.15, 0.2) is 5.56 Å². The Morgan fingerprint density at radius 1 is 1.47 bits per heavy atom. The Morgan fingerprint density at radius 3 is 2.76 bits per heavy atom. The molecule has 1 heterocycles. The highest BCUT2D eigenvalue weighted by atomic mass is 16.5. The molecule has 1 aromatic heterocycles. The number of rotatable bonds is 5. The first kappa shape index (κ1) is 13.3. The molecule has 0 unspecified atom stereocenters. The Labute approximate surface area is 99.4 Å². The van der Waals surface area contributed by atoms with Crippen LogP contribution >= 0.6 is 0 Å². The van der Waals surface area contributed by atoms with Crippen molar-refractivity contribution in [3.63, 3.8) is 0 Å². The number of aromatic hydroxyl groups is 1. The van der Waals surface area contributed by atoms with Crippen LogP contribution in [0.25, 0.3) is 0 Å². The van der Waals surface area contributed by atoms with Crippen molar-refractivity contribution in [1.82, 2.24) is 4.98 Å². The zero-order valence-corrected chi connectivity index (χ0v) is 10.1. The highest BCUT2D eigenvalue weighted by molar-refractivity contribution is 5.91. The fraction of sp³-hybridized carbons (Fsp3) is 0.500. The number of carbonyl (C=O) groups excluding carboxylic acids is 1. The molecule has 0 aliphatic heterocycles. The number of aryl methyl sites for hydroxylation is 1. The van der Waals surface area contributed by atoms with Gasteiger partial charge in [-0.15, -0.1) is 0 Å². The second-order valence-corrected chi connectivity index (χ2v) is 3.88. The summed E-state index contributed by atoms with van der Waals surface area (Å²) in [4.78, 5) is 25.5. The number of nitrogens with one attached hydrogen (secondary N) is 1. The Hall–Kier alpha value is -1.78. The summed E-state index contributed by atoms with van der Waals surface area (Å²) < 4.78 is 4.91. The topological polar surface area (TPSA) is 79.4 Å². The molecule has 94 valence electrons. The minimum Gasteiger partial charge on any atom is -0.507 e. The van der Waals surface area contributed by atoms with Crippen LogP contribution in [0.15, 0.2) is 10.9 Å². The van der Waals surface area contributed by atoms with Crippen molar-refractivity contribution in [3.05, 3.63) is 27.7 Å². The first-order valence-electron chi connectivity index (χ1n) is 5.66. The normalized spacial score (nSPS) is 10.2. The van der Waals surface area contributed by atoms with E-state index in [1.807, 2.05) is 6.92 Å². The lowest BCUT2D eigenvalue weighted by atomic mass is 10.2. The Bertz CT molecular complexity index is 450. The molecular weight excluding hydrogens is 222 g/mol. The summed E-state index contributed by atoms with van der Waals surface area (Å²) in [5.74, 6) is -1.12. The summed E-state index contributed by atoms with van der Waals surface area (Å²) in [7, 11) is 0. The summed E-state index contributed by atoms with van der Waals surface area (Å²) >= 11 is 0. The molecule has 0 radical (unpaired) electrons. The fourth-order valence-electron chi connectivity index (χ4n) is 1.46. The van der Waals surface area contributed by atoms with Crippen molar-refractivity contribution < 1.29 is 14.6 Å². The van der Waals surface area contributed by atoms with Crippen molar-refractivity contribution in [3.8, 4) is 5.75 Å². The average molecular weight is 239 g/mol. The van der Waals surface area contributed by atoms with Crippen molar-refractivity contribution in [2.45, 2.75) is 33.1 Å². The molecule has 2 N–H and O–H groups in total.